The van der Waals surface area contributed by atoms with Crippen LogP contribution in [0, 0.1) is 29.4 Å². The molecule has 6 rings (SSSR count). The normalized spacial score (nSPS) is 17.4. The van der Waals surface area contributed by atoms with E-state index < -0.39 is 17.7 Å². The molecule has 0 spiro atoms. The standard InChI is InChI=1S/C25H27F2N9O/c1-2-3-21-30-24-17-14-29-35(23(17)31-25(28)36(24)32-21)11-8-33-6-9-34(10-7-33)20-12-16(18(26)13-19(20)27)22(37)15-4-5-15/h12-15,22,37H,4-11H2,1H3,(H2,28,31). The summed E-state index contributed by atoms with van der Waals surface area (Å²) in [5.41, 5.74) is 7.84. The maximum absolute atomic E-state index is 14.6. The third-order valence-corrected chi connectivity index (χ3v) is 7.13. The molecule has 1 unspecified atom stereocenters. The topological polar surface area (TPSA) is 114 Å². The molecule has 0 bridgehead atoms. The molecular formula is C25H27F2N9O. The van der Waals surface area contributed by atoms with E-state index in [1.165, 1.54) is 10.6 Å². The molecular weight excluding hydrogens is 480 g/mol. The van der Waals surface area contributed by atoms with Gasteiger partial charge in [0.25, 0.3) is 0 Å². The van der Waals surface area contributed by atoms with E-state index >= 15 is 0 Å². The zero-order chi connectivity index (χ0) is 25.7. The molecule has 1 saturated heterocycles. The number of anilines is 2. The van der Waals surface area contributed by atoms with Gasteiger partial charge in [0.2, 0.25) is 11.8 Å². The highest BCUT2D eigenvalue weighted by Gasteiger charge is 2.33. The Hall–Kier alpha value is -3.82. The molecule has 0 amide bonds. The number of nitrogen functional groups attached to an aromatic ring is 1. The number of hydrogen-bond acceptors (Lipinski definition) is 8. The van der Waals surface area contributed by atoms with E-state index in [0.29, 0.717) is 62.1 Å². The SMILES string of the molecule is CC#Cc1nc2c3cnn(CCN4CCN(c5cc(C(O)C6CC6)c(F)cc5F)CC4)c3nc(N)n2n1. The van der Waals surface area contributed by atoms with Gasteiger partial charge in [0.05, 0.1) is 29.9 Å². The van der Waals surface area contributed by atoms with E-state index in [1.54, 1.807) is 17.8 Å². The van der Waals surface area contributed by atoms with E-state index in [2.05, 4.69) is 36.9 Å². The highest BCUT2D eigenvalue weighted by molar-refractivity contribution is 5.89. The summed E-state index contributed by atoms with van der Waals surface area (Å²) < 4.78 is 32.2. The molecule has 37 heavy (non-hydrogen) atoms. The van der Waals surface area contributed by atoms with Gasteiger partial charge in [-0.05, 0) is 37.7 Å². The van der Waals surface area contributed by atoms with Gasteiger partial charge in [-0.1, -0.05) is 5.92 Å². The molecule has 10 nitrogen and oxygen atoms in total. The molecule has 1 aliphatic heterocycles. The number of nitrogens with zero attached hydrogens (tertiary/aromatic N) is 8. The van der Waals surface area contributed by atoms with Gasteiger partial charge >= 0.3 is 0 Å². The van der Waals surface area contributed by atoms with Gasteiger partial charge in [-0.25, -0.2) is 13.5 Å². The highest BCUT2D eigenvalue weighted by atomic mass is 19.1. The van der Waals surface area contributed by atoms with Crippen LogP contribution in [0.2, 0.25) is 0 Å². The summed E-state index contributed by atoms with van der Waals surface area (Å²) in [6.45, 7) is 5.62. The smallest absolute Gasteiger partial charge is 0.226 e. The molecule has 2 aliphatic rings. The Labute approximate surface area is 211 Å². The number of benzene rings is 1. The zero-order valence-electron chi connectivity index (χ0n) is 20.4. The summed E-state index contributed by atoms with van der Waals surface area (Å²) in [6.07, 6.45) is 2.57. The highest BCUT2D eigenvalue weighted by Crippen LogP contribution is 2.42. The Balaban J connectivity index is 1.13. The van der Waals surface area contributed by atoms with Crippen LogP contribution in [0.4, 0.5) is 20.4 Å². The van der Waals surface area contributed by atoms with Crippen molar-refractivity contribution < 1.29 is 13.9 Å². The van der Waals surface area contributed by atoms with Crippen LogP contribution in [0.5, 0.6) is 0 Å². The molecule has 0 radical (unpaired) electrons. The van der Waals surface area contributed by atoms with Crippen molar-refractivity contribution in [3.05, 3.63) is 41.4 Å². The van der Waals surface area contributed by atoms with Gasteiger partial charge in [-0.2, -0.15) is 19.6 Å². The second-order valence-corrected chi connectivity index (χ2v) is 9.56. The molecule has 1 aliphatic carbocycles. The minimum atomic E-state index is -0.877. The van der Waals surface area contributed by atoms with Crippen LogP contribution in [-0.2, 0) is 6.54 Å². The Morgan fingerprint density at radius 1 is 1.08 bits per heavy atom. The molecule has 4 heterocycles. The van der Waals surface area contributed by atoms with E-state index in [-0.39, 0.29) is 17.4 Å². The van der Waals surface area contributed by atoms with Crippen LogP contribution in [-0.4, -0.2) is 72.1 Å². The number of hydrogen-bond donors (Lipinski definition) is 2. The van der Waals surface area contributed by atoms with Crippen LogP contribution >= 0.6 is 0 Å². The third-order valence-electron chi connectivity index (χ3n) is 7.13. The minimum absolute atomic E-state index is 0.0702. The van der Waals surface area contributed by atoms with Gasteiger partial charge in [0.1, 0.15) is 11.6 Å². The van der Waals surface area contributed by atoms with Crippen LogP contribution in [0.15, 0.2) is 18.3 Å². The number of halogens is 2. The maximum Gasteiger partial charge on any atom is 0.226 e. The van der Waals surface area contributed by atoms with E-state index in [0.717, 1.165) is 24.3 Å². The number of piperazine rings is 1. The third kappa shape index (κ3) is 4.34. The Kier molecular flexibility index (Phi) is 5.89. The molecule has 1 atom stereocenters. The van der Waals surface area contributed by atoms with E-state index in [9.17, 15) is 13.9 Å². The van der Waals surface area contributed by atoms with Gasteiger partial charge in [-0.3, -0.25) is 4.90 Å². The van der Waals surface area contributed by atoms with Gasteiger partial charge in [0, 0.05) is 44.4 Å². The van der Waals surface area contributed by atoms with Crippen molar-refractivity contribution in [1.82, 2.24) is 34.3 Å². The van der Waals surface area contributed by atoms with Crippen molar-refractivity contribution in [3.8, 4) is 11.8 Å². The number of aromatic nitrogens is 6. The van der Waals surface area contributed by atoms with E-state index in [4.69, 9.17) is 5.73 Å². The van der Waals surface area contributed by atoms with Crippen LogP contribution < -0.4 is 10.6 Å². The first-order valence-electron chi connectivity index (χ1n) is 12.4. The molecule has 2 fully saturated rings. The number of rotatable bonds is 6. The van der Waals surface area contributed by atoms with Crippen molar-refractivity contribution in [2.45, 2.75) is 32.4 Å². The van der Waals surface area contributed by atoms with Crippen molar-refractivity contribution in [1.29, 1.82) is 0 Å². The predicted molar refractivity (Wildman–Crippen MR) is 134 cm³/mol. The molecule has 1 saturated carbocycles. The largest absolute Gasteiger partial charge is 0.388 e. The predicted octanol–water partition coefficient (Wildman–Crippen LogP) is 1.97. The second-order valence-electron chi connectivity index (χ2n) is 9.56. The van der Waals surface area contributed by atoms with Crippen LogP contribution in [0.25, 0.3) is 16.7 Å². The average Bonchev–Trinajstić information content (AvgIpc) is 3.53. The fourth-order valence-corrected chi connectivity index (χ4v) is 4.92. The van der Waals surface area contributed by atoms with Crippen LogP contribution in [0.3, 0.4) is 0 Å². The monoisotopic (exact) mass is 507 g/mol. The molecule has 12 heteroatoms. The first-order valence-corrected chi connectivity index (χ1v) is 12.4. The quantitative estimate of drug-likeness (QED) is 0.381. The van der Waals surface area contributed by atoms with Crippen molar-refractivity contribution in [3.63, 3.8) is 0 Å². The molecule has 192 valence electrons. The number of fused-ring (bicyclic) bond motifs is 3. The molecule has 3 N–H and O–H groups in total. The summed E-state index contributed by atoms with van der Waals surface area (Å²) in [7, 11) is 0. The Bertz CT molecular complexity index is 1540. The van der Waals surface area contributed by atoms with Crippen molar-refractivity contribution in [2.75, 3.05) is 43.4 Å². The second kappa shape index (κ2) is 9.24. The summed E-state index contributed by atoms with van der Waals surface area (Å²) in [6, 6.07) is 2.38. The van der Waals surface area contributed by atoms with Gasteiger partial charge < -0.3 is 15.7 Å². The first-order chi connectivity index (χ1) is 17.9. The number of aliphatic hydroxyl groups is 1. The summed E-state index contributed by atoms with van der Waals surface area (Å²) in [5, 5.41) is 19.9. The van der Waals surface area contributed by atoms with Gasteiger partial charge in [0.15, 0.2) is 11.3 Å². The molecule has 1 aromatic carbocycles. The summed E-state index contributed by atoms with van der Waals surface area (Å²) in [4.78, 5) is 13.1. The fraction of sp³-hybridized carbons (Fsp3) is 0.440. The lowest BCUT2D eigenvalue weighted by molar-refractivity contribution is 0.149. The first kappa shape index (κ1) is 23.6. The number of nitrogens with two attached hydrogens (primary N) is 1. The fourth-order valence-electron chi connectivity index (χ4n) is 4.92. The Morgan fingerprint density at radius 2 is 1.86 bits per heavy atom. The van der Waals surface area contributed by atoms with Crippen molar-refractivity contribution in [2.24, 2.45) is 5.92 Å². The maximum atomic E-state index is 14.6. The molecule has 4 aromatic rings. The average molecular weight is 508 g/mol. The van der Waals surface area contributed by atoms with Gasteiger partial charge in [-0.15, -0.1) is 5.10 Å². The summed E-state index contributed by atoms with van der Waals surface area (Å²) >= 11 is 0. The van der Waals surface area contributed by atoms with Crippen LogP contribution in [0.1, 0.15) is 37.3 Å². The minimum Gasteiger partial charge on any atom is -0.388 e. The molecule has 3 aromatic heterocycles. The summed E-state index contributed by atoms with van der Waals surface area (Å²) in [5.74, 6) is 4.99. The number of aliphatic hydroxyl groups excluding tert-OH is 1. The lowest BCUT2D eigenvalue weighted by Crippen LogP contribution is -2.47. The van der Waals surface area contributed by atoms with Crippen molar-refractivity contribution >= 4 is 28.3 Å². The Morgan fingerprint density at radius 3 is 2.59 bits per heavy atom. The van der Waals surface area contributed by atoms with E-state index in [1.807, 2.05) is 4.90 Å². The zero-order valence-corrected chi connectivity index (χ0v) is 20.4. The lowest BCUT2D eigenvalue weighted by Gasteiger charge is -2.36. The lowest BCUT2D eigenvalue weighted by atomic mass is 10.0.